The molecule has 0 rings (SSSR count). The van der Waals surface area contributed by atoms with Crippen LogP contribution in [0.3, 0.4) is 0 Å². The lowest BCUT2D eigenvalue weighted by Gasteiger charge is -2.21. The van der Waals surface area contributed by atoms with Crippen molar-refractivity contribution < 1.29 is 34.3 Å². The van der Waals surface area contributed by atoms with E-state index in [4.69, 9.17) is 24.4 Å². The molecule has 0 heterocycles. The number of hydrogen-bond donors (Lipinski definition) is 3. The zero-order chi connectivity index (χ0) is 13.3. The van der Waals surface area contributed by atoms with Crippen LogP contribution < -0.4 is 0 Å². The molecule has 4 atom stereocenters. The van der Waals surface area contributed by atoms with Crippen molar-refractivity contribution in [1.29, 1.82) is 0 Å². The third-order valence-corrected chi connectivity index (χ3v) is 1.80. The minimum atomic E-state index is -1.41. The molecule has 3 N–H and O–H groups in total. The van der Waals surface area contributed by atoms with E-state index in [2.05, 4.69) is 11.3 Å². The fourth-order valence-electron chi connectivity index (χ4n) is 0.848. The van der Waals surface area contributed by atoms with Crippen LogP contribution in [0.2, 0.25) is 0 Å². The molecule has 0 aromatic rings. The second-order valence-electron chi connectivity index (χ2n) is 3.14. The fourth-order valence-corrected chi connectivity index (χ4v) is 0.848. The highest BCUT2D eigenvalue weighted by Crippen LogP contribution is 2.04. The van der Waals surface area contributed by atoms with Gasteiger partial charge < -0.3 is 34.3 Å². The van der Waals surface area contributed by atoms with E-state index >= 15 is 0 Å². The van der Waals surface area contributed by atoms with Crippen LogP contribution >= 0.6 is 0 Å². The molecule has 0 saturated carbocycles. The first-order chi connectivity index (χ1) is 8.01. The normalized spacial score (nSPS) is 18.4. The van der Waals surface area contributed by atoms with Crippen LogP contribution in [0.15, 0.2) is 12.7 Å². The molecule has 0 aliphatic rings. The van der Waals surface area contributed by atoms with Crippen molar-refractivity contribution in [3.05, 3.63) is 12.7 Å². The molecule has 0 aliphatic carbocycles. The maximum atomic E-state index is 9.43. The van der Waals surface area contributed by atoms with Gasteiger partial charge in [0.05, 0.1) is 13.2 Å². The number of aliphatic hydroxyl groups is 3. The summed E-state index contributed by atoms with van der Waals surface area (Å²) in [7, 11) is 1.26. The van der Waals surface area contributed by atoms with Gasteiger partial charge in [0.2, 0.25) is 0 Å². The van der Waals surface area contributed by atoms with Gasteiger partial charge in [0.15, 0.2) is 12.6 Å². The van der Waals surface area contributed by atoms with E-state index in [0.717, 1.165) is 0 Å². The molecular weight excluding hydrogens is 232 g/mol. The summed E-state index contributed by atoms with van der Waals surface area (Å²) in [4.78, 5) is 0. The maximum absolute atomic E-state index is 9.43. The van der Waals surface area contributed by atoms with Crippen LogP contribution in [-0.2, 0) is 18.9 Å². The average Bonchev–Trinajstić information content (AvgIpc) is 2.33. The Balaban J connectivity index is 3.63. The van der Waals surface area contributed by atoms with Crippen molar-refractivity contribution in [2.75, 3.05) is 20.3 Å². The topological polar surface area (TPSA) is 97.6 Å². The van der Waals surface area contributed by atoms with Gasteiger partial charge >= 0.3 is 0 Å². The van der Waals surface area contributed by atoms with Crippen molar-refractivity contribution in [2.24, 2.45) is 0 Å². The van der Waals surface area contributed by atoms with Crippen molar-refractivity contribution in [2.45, 2.75) is 32.1 Å². The summed E-state index contributed by atoms with van der Waals surface area (Å²) in [5, 5.41) is 27.4. The average molecular weight is 252 g/mol. The van der Waals surface area contributed by atoms with Crippen LogP contribution in [0.4, 0.5) is 0 Å². The third-order valence-electron chi connectivity index (χ3n) is 1.80. The van der Waals surface area contributed by atoms with Crippen LogP contribution in [0.5, 0.6) is 0 Å². The van der Waals surface area contributed by atoms with E-state index in [0.29, 0.717) is 0 Å². The molecule has 7 heteroatoms. The van der Waals surface area contributed by atoms with Crippen LogP contribution in [0.25, 0.3) is 0 Å². The number of rotatable bonds is 10. The Morgan fingerprint density at radius 1 is 1.18 bits per heavy atom. The molecule has 0 amide bonds. The summed E-state index contributed by atoms with van der Waals surface area (Å²) in [6.45, 7) is 3.55. The smallest absolute Gasteiger partial charge is 0.269 e. The lowest BCUT2D eigenvalue weighted by molar-refractivity contribution is -0.302. The third kappa shape index (κ3) is 8.22. The number of aliphatic hydroxyl groups excluding tert-OH is 3. The molecule has 0 radical (unpaired) electrons. The van der Waals surface area contributed by atoms with Gasteiger partial charge in [-0.25, -0.2) is 0 Å². The summed E-state index contributed by atoms with van der Waals surface area (Å²) in [5.74, 6) is 0. The second-order valence-corrected chi connectivity index (χ2v) is 3.14. The van der Waals surface area contributed by atoms with Gasteiger partial charge in [-0.1, -0.05) is 6.58 Å². The highest BCUT2D eigenvalue weighted by molar-refractivity contribution is 4.69. The maximum Gasteiger partial charge on any atom is 0.269 e. The molecule has 7 nitrogen and oxygen atoms in total. The highest BCUT2D eigenvalue weighted by Gasteiger charge is 2.18. The Kier molecular flexibility index (Phi) is 9.18. The standard InChI is InChI=1S/C10H20O7/c1-4-8(11)15-5-6-16-9(12)7(2)17-10(13)14-3/h4,7-13H,1,5-6H2,2-3H3. The highest BCUT2D eigenvalue weighted by atomic mass is 16.8. The zero-order valence-electron chi connectivity index (χ0n) is 9.98. The Labute approximate surface area is 100 Å². The molecule has 0 aromatic carbocycles. The van der Waals surface area contributed by atoms with E-state index in [-0.39, 0.29) is 13.2 Å². The first kappa shape index (κ1) is 16.5. The van der Waals surface area contributed by atoms with Gasteiger partial charge in [-0.05, 0) is 13.0 Å². The van der Waals surface area contributed by atoms with Crippen molar-refractivity contribution in [3.63, 3.8) is 0 Å². The minimum Gasteiger partial charge on any atom is -0.366 e. The van der Waals surface area contributed by atoms with E-state index in [1.165, 1.54) is 20.1 Å². The summed E-state index contributed by atoms with van der Waals surface area (Å²) in [6.07, 6.45) is -1.84. The molecule has 0 bridgehead atoms. The SMILES string of the molecule is C=CC(O)OCCOC(O)C(C)OC(O)OC. The van der Waals surface area contributed by atoms with Gasteiger partial charge in [0.1, 0.15) is 6.10 Å². The molecule has 0 aromatic heterocycles. The fraction of sp³-hybridized carbons (Fsp3) is 0.800. The summed E-state index contributed by atoms with van der Waals surface area (Å²) >= 11 is 0. The predicted molar refractivity (Wildman–Crippen MR) is 57.7 cm³/mol. The molecule has 17 heavy (non-hydrogen) atoms. The van der Waals surface area contributed by atoms with Crippen LogP contribution in [0.1, 0.15) is 6.92 Å². The lowest BCUT2D eigenvalue weighted by Crippen LogP contribution is -2.34. The Morgan fingerprint density at radius 2 is 1.76 bits per heavy atom. The molecule has 102 valence electrons. The van der Waals surface area contributed by atoms with Gasteiger partial charge in [0, 0.05) is 7.11 Å². The molecule has 4 unspecified atom stereocenters. The van der Waals surface area contributed by atoms with Gasteiger partial charge in [-0.2, -0.15) is 0 Å². The first-order valence-corrected chi connectivity index (χ1v) is 5.09. The Morgan fingerprint density at radius 3 is 2.29 bits per heavy atom. The molecule has 0 saturated heterocycles. The first-order valence-electron chi connectivity index (χ1n) is 5.09. The zero-order valence-corrected chi connectivity index (χ0v) is 9.98. The van der Waals surface area contributed by atoms with E-state index in [1.54, 1.807) is 0 Å². The lowest BCUT2D eigenvalue weighted by atomic mass is 10.4. The monoisotopic (exact) mass is 252 g/mol. The van der Waals surface area contributed by atoms with Crippen molar-refractivity contribution >= 4 is 0 Å². The van der Waals surface area contributed by atoms with E-state index < -0.39 is 25.2 Å². The summed E-state index contributed by atoms with van der Waals surface area (Å²) < 4.78 is 19.0. The quantitative estimate of drug-likeness (QED) is 0.265. The number of ether oxygens (including phenoxy) is 4. The largest absolute Gasteiger partial charge is 0.366 e. The summed E-state index contributed by atoms with van der Waals surface area (Å²) in [6, 6.07) is 0. The minimum absolute atomic E-state index is 0.0584. The van der Waals surface area contributed by atoms with E-state index in [9.17, 15) is 5.11 Å². The van der Waals surface area contributed by atoms with Gasteiger partial charge in [-0.15, -0.1) is 0 Å². The molecular formula is C10H20O7. The Bertz CT molecular complexity index is 199. The molecule has 0 spiro atoms. The predicted octanol–water partition coefficient (Wildman–Crippen LogP) is -0.830. The number of hydrogen-bond acceptors (Lipinski definition) is 7. The number of methoxy groups -OCH3 is 1. The van der Waals surface area contributed by atoms with E-state index in [1.807, 2.05) is 0 Å². The Hall–Kier alpha value is -0.540. The molecule has 0 fully saturated rings. The summed E-state index contributed by atoms with van der Waals surface area (Å²) in [5.41, 5.74) is 0. The van der Waals surface area contributed by atoms with Crippen LogP contribution in [0, 0.1) is 0 Å². The van der Waals surface area contributed by atoms with Crippen LogP contribution in [-0.4, -0.2) is 60.8 Å². The van der Waals surface area contributed by atoms with Gasteiger partial charge in [-0.3, -0.25) is 0 Å². The van der Waals surface area contributed by atoms with Crippen molar-refractivity contribution in [3.8, 4) is 0 Å². The van der Waals surface area contributed by atoms with Gasteiger partial charge in [0.25, 0.3) is 6.48 Å². The van der Waals surface area contributed by atoms with Crippen molar-refractivity contribution in [1.82, 2.24) is 0 Å². The second kappa shape index (κ2) is 9.49. The molecule has 0 aliphatic heterocycles.